The van der Waals surface area contributed by atoms with Gasteiger partial charge < -0.3 is 9.73 Å². The molecule has 2 aromatic heterocycles. The molecule has 0 radical (unpaired) electrons. The predicted molar refractivity (Wildman–Crippen MR) is 96.4 cm³/mol. The number of furan rings is 1. The van der Waals surface area contributed by atoms with Crippen LogP contribution in [0.15, 0.2) is 51.9 Å². The molecule has 25 heavy (non-hydrogen) atoms. The van der Waals surface area contributed by atoms with Crippen LogP contribution in [0.1, 0.15) is 25.5 Å². The lowest BCUT2D eigenvalue weighted by molar-refractivity contribution is -0.121. The average Bonchev–Trinajstić information content (AvgIpc) is 3.20. The molecule has 6 heteroatoms. The summed E-state index contributed by atoms with van der Waals surface area (Å²) in [6, 6.07) is 11.5. The van der Waals surface area contributed by atoms with Crippen molar-refractivity contribution in [1.82, 2.24) is 14.5 Å². The third-order valence-corrected chi connectivity index (χ3v) is 4.43. The molecule has 3 rings (SSSR count). The summed E-state index contributed by atoms with van der Waals surface area (Å²) < 4.78 is 8.56. The van der Waals surface area contributed by atoms with Gasteiger partial charge in [0.25, 0.3) is 0 Å². The number of imidazole rings is 1. The van der Waals surface area contributed by atoms with Gasteiger partial charge >= 0.3 is 5.69 Å². The summed E-state index contributed by atoms with van der Waals surface area (Å²) in [5, 5.41) is 2.98. The number of rotatable bonds is 7. The van der Waals surface area contributed by atoms with Gasteiger partial charge in [-0.15, -0.1) is 0 Å². The molecule has 0 aliphatic heterocycles. The Morgan fingerprint density at radius 1 is 1.20 bits per heavy atom. The molecule has 0 saturated heterocycles. The topological polar surface area (TPSA) is 69.2 Å². The van der Waals surface area contributed by atoms with Gasteiger partial charge in [-0.2, -0.15) is 0 Å². The minimum Gasteiger partial charge on any atom is -0.469 e. The smallest absolute Gasteiger partial charge is 0.328 e. The summed E-state index contributed by atoms with van der Waals surface area (Å²) in [5.41, 5.74) is 1.63. The van der Waals surface area contributed by atoms with Crippen molar-refractivity contribution < 1.29 is 9.21 Å². The van der Waals surface area contributed by atoms with Gasteiger partial charge in [-0.3, -0.25) is 13.9 Å². The number of aryl methyl sites for hydroxylation is 3. The molecule has 0 aliphatic carbocycles. The summed E-state index contributed by atoms with van der Waals surface area (Å²) >= 11 is 0. The number of hydrogen-bond acceptors (Lipinski definition) is 3. The van der Waals surface area contributed by atoms with E-state index in [2.05, 4.69) is 5.32 Å². The van der Waals surface area contributed by atoms with Gasteiger partial charge in [-0.1, -0.05) is 12.1 Å². The maximum atomic E-state index is 12.3. The largest absolute Gasteiger partial charge is 0.469 e. The molecule has 6 nitrogen and oxygen atoms in total. The van der Waals surface area contributed by atoms with E-state index in [4.69, 9.17) is 4.42 Å². The fraction of sp³-hybridized carbons (Fsp3) is 0.368. The average molecular weight is 341 g/mol. The second kappa shape index (κ2) is 7.42. The van der Waals surface area contributed by atoms with E-state index in [0.717, 1.165) is 29.6 Å². The molecule has 1 N–H and O–H groups in total. The molecular formula is C19H23N3O3. The van der Waals surface area contributed by atoms with Crippen LogP contribution in [-0.4, -0.2) is 21.1 Å². The number of fused-ring (bicyclic) bond motifs is 1. The number of para-hydroxylation sites is 2. The monoisotopic (exact) mass is 341 g/mol. The third kappa shape index (κ3) is 3.84. The first-order valence-corrected chi connectivity index (χ1v) is 8.52. The Morgan fingerprint density at radius 3 is 2.68 bits per heavy atom. The lowest BCUT2D eigenvalue weighted by Gasteiger charge is -2.13. The molecule has 0 fully saturated rings. The van der Waals surface area contributed by atoms with E-state index in [1.165, 1.54) is 0 Å². The van der Waals surface area contributed by atoms with Crippen molar-refractivity contribution >= 4 is 16.9 Å². The Morgan fingerprint density at radius 2 is 1.96 bits per heavy atom. The van der Waals surface area contributed by atoms with E-state index >= 15 is 0 Å². The van der Waals surface area contributed by atoms with Gasteiger partial charge in [0.1, 0.15) is 5.76 Å². The number of hydrogen-bond donors (Lipinski definition) is 1. The minimum absolute atomic E-state index is 0.0493. The van der Waals surface area contributed by atoms with E-state index in [1.807, 2.05) is 43.3 Å². The fourth-order valence-corrected chi connectivity index (χ4v) is 3.03. The van der Waals surface area contributed by atoms with E-state index in [9.17, 15) is 9.59 Å². The van der Waals surface area contributed by atoms with Crippen molar-refractivity contribution in [3.63, 3.8) is 0 Å². The minimum atomic E-state index is -0.0973. The summed E-state index contributed by atoms with van der Waals surface area (Å²) in [4.78, 5) is 24.5. The fourth-order valence-electron chi connectivity index (χ4n) is 3.03. The maximum absolute atomic E-state index is 12.3. The van der Waals surface area contributed by atoms with Crippen molar-refractivity contribution in [3.05, 3.63) is 58.9 Å². The molecule has 0 bridgehead atoms. The number of aromatic nitrogens is 2. The van der Waals surface area contributed by atoms with Gasteiger partial charge in [0.15, 0.2) is 0 Å². The summed E-state index contributed by atoms with van der Waals surface area (Å²) in [7, 11) is 1.75. The van der Waals surface area contributed by atoms with E-state index in [-0.39, 0.29) is 24.1 Å². The highest BCUT2D eigenvalue weighted by Gasteiger charge is 2.13. The highest BCUT2D eigenvalue weighted by atomic mass is 16.3. The van der Waals surface area contributed by atoms with Gasteiger partial charge in [-0.05, 0) is 37.6 Å². The Kier molecular flexibility index (Phi) is 5.07. The zero-order valence-corrected chi connectivity index (χ0v) is 14.6. The number of nitrogens with zero attached hydrogens (tertiary/aromatic N) is 2. The van der Waals surface area contributed by atoms with Crippen LogP contribution in [0.3, 0.4) is 0 Å². The number of nitrogens with one attached hydrogen (secondary N) is 1. The SMILES string of the molecule is C[C@H](CCc1ccco1)NC(=O)CCn1c(=O)n(C)c2ccccc21. The van der Waals surface area contributed by atoms with Crippen LogP contribution in [0.25, 0.3) is 11.0 Å². The first kappa shape index (κ1) is 17.1. The van der Waals surface area contributed by atoms with Crippen molar-refractivity contribution in [2.45, 2.75) is 38.8 Å². The Bertz CT molecular complexity index is 906. The maximum Gasteiger partial charge on any atom is 0.328 e. The second-order valence-corrected chi connectivity index (χ2v) is 6.32. The zero-order chi connectivity index (χ0) is 17.8. The van der Waals surface area contributed by atoms with Crippen LogP contribution in [0.4, 0.5) is 0 Å². The molecule has 1 aromatic carbocycles. The Balaban J connectivity index is 1.56. The van der Waals surface area contributed by atoms with Crippen LogP contribution in [0.2, 0.25) is 0 Å². The van der Waals surface area contributed by atoms with Gasteiger partial charge in [0.05, 0.1) is 17.3 Å². The highest BCUT2D eigenvalue weighted by Crippen LogP contribution is 2.12. The van der Waals surface area contributed by atoms with Crippen molar-refractivity contribution in [2.24, 2.45) is 7.05 Å². The van der Waals surface area contributed by atoms with Crippen LogP contribution in [0, 0.1) is 0 Å². The molecule has 3 aromatic rings. The number of carbonyl (C=O) groups excluding carboxylic acids is 1. The molecule has 0 saturated carbocycles. The van der Waals surface area contributed by atoms with Gasteiger partial charge in [0, 0.05) is 32.5 Å². The quantitative estimate of drug-likeness (QED) is 0.718. The predicted octanol–water partition coefficient (Wildman–Crippen LogP) is 2.46. The second-order valence-electron chi connectivity index (χ2n) is 6.32. The molecule has 1 atom stereocenters. The van der Waals surface area contributed by atoms with Crippen molar-refractivity contribution in [3.8, 4) is 0 Å². The molecule has 0 unspecified atom stereocenters. The molecule has 0 aliphatic rings. The molecule has 2 heterocycles. The summed E-state index contributed by atoms with van der Waals surface area (Å²) in [6.07, 6.45) is 3.53. The lowest BCUT2D eigenvalue weighted by atomic mass is 10.1. The van der Waals surface area contributed by atoms with E-state index < -0.39 is 0 Å². The Labute approximate surface area is 146 Å². The van der Waals surface area contributed by atoms with Crippen LogP contribution in [0.5, 0.6) is 0 Å². The van der Waals surface area contributed by atoms with E-state index in [0.29, 0.717) is 6.54 Å². The number of carbonyl (C=O) groups is 1. The molecule has 1 amide bonds. The first-order chi connectivity index (χ1) is 12.1. The van der Waals surface area contributed by atoms with Gasteiger partial charge in [0.2, 0.25) is 5.91 Å². The number of amides is 1. The van der Waals surface area contributed by atoms with Gasteiger partial charge in [-0.25, -0.2) is 4.79 Å². The summed E-state index contributed by atoms with van der Waals surface area (Å²) in [5.74, 6) is 0.871. The van der Waals surface area contributed by atoms with Crippen molar-refractivity contribution in [2.75, 3.05) is 0 Å². The number of benzene rings is 1. The summed E-state index contributed by atoms with van der Waals surface area (Å²) in [6.45, 7) is 2.35. The van der Waals surface area contributed by atoms with Crippen LogP contribution in [-0.2, 0) is 24.8 Å². The standard InChI is InChI=1S/C19H23N3O3/c1-14(9-10-15-6-5-13-25-15)20-18(23)11-12-22-17-8-4-3-7-16(17)21(2)19(22)24/h3-8,13-14H,9-12H2,1-2H3,(H,20,23)/t14-/m1/s1. The normalized spacial score (nSPS) is 12.4. The Hall–Kier alpha value is -2.76. The highest BCUT2D eigenvalue weighted by molar-refractivity contribution is 5.78. The van der Waals surface area contributed by atoms with Crippen LogP contribution < -0.4 is 11.0 Å². The van der Waals surface area contributed by atoms with E-state index in [1.54, 1.807) is 22.4 Å². The first-order valence-electron chi connectivity index (χ1n) is 8.52. The van der Waals surface area contributed by atoms with Crippen molar-refractivity contribution in [1.29, 1.82) is 0 Å². The molecule has 0 spiro atoms. The third-order valence-electron chi connectivity index (χ3n) is 4.43. The van der Waals surface area contributed by atoms with Crippen LogP contribution >= 0.6 is 0 Å². The lowest BCUT2D eigenvalue weighted by Crippen LogP contribution is -2.34. The molecule has 132 valence electrons. The molecular weight excluding hydrogens is 318 g/mol. The zero-order valence-electron chi connectivity index (χ0n) is 14.6.